The number of carboxylic acid groups (broad SMARTS) is 1. The Kier molecular flexibility index (Phi) is 2.31. The zero-order chi connectivity index (χ0) is 12.3. The fourth-order valence-electron chi connectivity index (χ4n) is 4.25. The van der Waals surface area contributed by atoms with Gasteiger partial charge in [-0.1, -0.05) is 0 Å². The van der Waals surface area contributed by atoms with Gasteiger partial charge in [0.05, 0.1) is 23.9 Å². The van der Waals surface area contributed by atoms with Crippen LogP contribution in [0.4, 0.5) is 0 Å². The molecule has 0 aromatic rings. The Balaban J connectivity index is 1.40. The average Bonchev–Trinajstić information content (AvgIpc) is 3.20. The molecule has 4 aliphatic rings. The molecule has 0 aromatic heterocycles. The zero-order valence-corrected chi connectivity index (χ0v) is 10.5. The van der Waals surface area contributed by atoms with Crippen molar-refractivity contribution in [3.8, 4) is 0 Å². The molecule has 6 atom stereocenters. The highest BCUT2D eigenvalue weighted by Crippen LogP contribution is 2.55. The van der Waals surface area contributed by atoms with Gasteiger partial charge in [-0.25, -0.2) is 0 Å². The van der Waals surface area contributed by atoms with Gasteiger partial charge < -0.3 is 19.4 Å². The quantitative estimate of drug-likeness (QED) is 0.690. The Morgan fingerprint density at radius 1 is 1.22 bits per heavy atom. The summed E-state index contributed by atoms with van der Waals surface area (Å²) in [6.07, 6.45) is 8.24. The lowest BCUT2D eigenvalue weighted by Crippen LogP contribution is -2.38. The van der Waals surface area contributed by atoms with Crippen molar-refractivity contribution in [3.63, 3.8) is 0 Å². The summed E-state index contributed by atoms with van der Waals surface area (Å²) in [6.45, 7) is 0. The fraction of sp³-hybridized carbons (Fsp3) is 0.929. The topological polar surface area (TPSA) is 65.2 Å². The Hall–Kier alpha value is -0.610. The SMILES string of the molecule is O=C([O-])C1CCC2OC2(CC2CCC3OC3C2)C1. The third-order valence-electron chi connectivity index (χ3n) is 5.36. The molecule has 2 saturated carbocycles. The molecule has 0 spiro atoms. The lowest BCUT2D eigenvalue weighted by atomic mass is 9.74. The van der Waals surface area contributed by atoms with Crippen LogP contribution in [0.2, 0.25) is 0 Å². The van der Waals surface area contributed by atoms with Crippen LogP contribution in [0, 0.1) is 11.8 Å². The van der Waals surface area contributed by atoms with Gasteiger partial charge in [0.1, 0.15) is 0 Å². The molecule has 0 aromatic carbocycles. The maximum absolute atomic E-state index is 11.0. The Morgan fingerprint density at radius 2 is 2.11 bits per heavy atom. The first-order valence-corrected chi connectivity index (χ1v) is 7.20. The first kappa shape index (κ1) is 11.2. The lowest BCUT2D eigenvalue weighted by molar-refractivity contribution is -0.312. The van der Waals surface area contributed by atoms with Crippen molar-refractivity contribution in [2.75, 3.05) is 0 Å². The molecule has 0 bridgehead atoms. The molecule has 0 amide bonds. The Labute approximate surface area is 107 Å². The number of carboxylic acids is 1. The predicted molar refractivity (Wildman–Crippen MR) is 60.6 cm³/mol. The van der Waals surface area contributed by atoms with E-state index in [0.717, 1.165) is 25.7 Å². The molecule has 4 heteroatoms. The number of rotatable bonds is 3. The van der Waals surface area contributed by atoms with E-state index in [1.54, 1.807) is 0 Å². The fourth-order valence-corrected chi connectivity index (χ4v) is 4.25. The van der Waals surface area contributed by atoms with Gasteiger partial charge in [0, 0.05) is 11.9 Å². The van der Waals surface area contributed by atoms with Gasteiger partial charge in [0.2, 0.25) is 0 Å². The molecule has 0 N–H and O–H groups in total. The van der Waals surface area contributed by atoms with E-state index in [1.165, 1.54) is 12.8 Å². The van der Waals surface area contributed by atoms with Crippen LogP contribution in [-0.4, -0.2) is 29.9 Å². The normalized spacial score (nSPS) is 53.2. The number of carbonyl (C=O) groups is 1. The molecule has 0 radical (unpaired) electrons. The predicted octanol–water partition coefficient (Wildman–Crippen LogP) is 0.632. The van der Waals surface area contributed by atoms with Crippen LogP contribution in [0.15, 0.2) is 0 Å². The zero-order valence-electron chi connectivity index (χ0n) is 10.5. The van der Waals surface area contributed by atoms with E-state index in [2.05, 4.69) is 0 Å². The molecule has 4 rings (SSSR count). The molecular weight excluding hydrogens is 232 g/mol. The summed E-state index contributed by atoms with van der Waals surface area (Å²) >= 11 is 0. The second-order valence-electron chi connectivity index (χ2n) is 6.56. The summed E-state index contributed by atoms with van der Waals surface area (Å²) in [5.74, 6) is -0.519. The maximum atomic E-state index is 11.0. The molecule has 18 heavy (non-hydrogen) atoms. The summed E-state index contributed by atoms with van der Waals surface area (Å²) < 4.78 is 11.4. The standard InChI is InChI=1S/C14H20O4/c15-13(16)9-2-4-12-14(7-9,18-12)6-8-1-3-10-11(5-8)17-10/h8-12H,1-7H2,(H,15,16)/p-1. The summed E-state index contributed by atoms with van der Waals surface area (Å²) in [4.78, 5) is 11.0. The van der Waals surface area contributed by atoms with Gasteiger partial charge in [-0.05, 0) is 50.9 Å². The van der Waals surface area contributed by atoms with Crippen LogP contribution in [0.5, 0.6) is 0 Å². The molecule has 2 aliphatic carbocycles. The highest BCUT2D eigenvalue weighted by molar-refractivity contribution is 5.68. The number of hydrogen-bond acceptors (Lipinski definition) is 4. The van der Waals surface area contributed by atoms with Crippen molar-refractivity contribution in [1.29, 1.82) is 0 Å². The number of ether oxygens (including phenoxy) is 2. The van der Waals surface area contributed by atoms with Crippen LogP contribution >= 0.6 is 0 Å². The molecule has 6 unspecified atom stereocenters. The molecule has 100 valence electrons. The molecular formula is C14H19O4-. The van der Waals surface area contributed by atoms with Crippen molar-refractivity contribution >= 4 is 5.97 Å². The number of epoxide rings is 2. The van der Waals surface area contributed by atoms with Gasteiger partial charge in [0.15, 0.2) is 0 Å². The first-order chi connectivity index (χ1) is 8.66. The number of carbonyl (C=O) groups excluding carboxylic acids is 1. The van der Waals surface area contributed by atoms with Crippen molar-refractivity contribution in [2.45, 2.75) is 68.9 Å². The van der Waals surface area contributed by atoms with E-state index in [4.69, 9.17) is 9.47 Å². The van der Waals surface area contributed by atoms with Crippen LogP contribution in [0.3, 0.4) is 0 Å². The molecule has 2 heterocycles. The summed E-state index contributed by atoms with van der Waals surface area (Å²) in [7, 11) is 0. The molecule has 2 aliphatic heterocycles. The lowest BCUT2D eigenvalue weighted by Gasteiger charge is -2.29. The van der Waals surface area contributed by atoms with Gasteiger partial charge in [0.25, 0.3) is 0 Å². The van der Waals surface area contributed by atoms with Crippen molar-refractivity contribution in [2.24, 2.45) is 11.8 Å². The van der Waals surface area contributed by atoms with Crippen molar-refractivity contribution < 1.29 is 19.4 Å². The van der Waals surface area contributed by atoms with E-state index >= 15 is 0 Å². The monoisotopic (exact) mass is 251 g/mol. The minimum Gasteiger partial charge on any atom is -0.550 e. The first-order valence-electron chi connectivity index (χ1n) is 7.20. The minimum atomic E-state index is -0.891. The van der Waals surface area contributed by atoms with Crippen LogP contribution in [0.25, 0.3) is 0 Å². The summed E-state index contributed by atoms with van der Waals surface area (Å²) in [6, 6.07) is 0. The third kappa shape index (κ3) is 1.77. The van der Waals surface area contributed by atoms with E-state index in [0.29, 0.717) is 30.7 Å². The largest absolute Gasteiger partial charge is 0.550 e. The molecule has 2 saturated heterocycles. The van der Waals surface area contributed by atoms with Gasteiger partial charge in [-0.15, -0.1) is 0 Å². The van der Waals surface area contributed by atoms with Crippen LogP contribution < -0.4 is 5.11 Å². The van der Waals surface area contributed by atoms with Gasteiger partial charge in [-0.3, -0.25) is 0 Å². The Morgan fingerprint density at radius 3 is 2.89 bits per heavy atom. The third-order valence-corrected chi connectivity index (χ3v) is 5.36. The van der Waals surface area contributed by atoms with E-state index < -0.39 is 5.97 Å². The Bertz CT molecular complexity index is 382. The highest BCUT2D eigenvalue weighted by atomic mass is 16.6. The number of fused-ring (bicyclic) bond motifs is 2. The van der Waals surface area contributed by atoms with E-state index in [1.807, 2.05) is 0 Å². The minimum absolute atomic E-state index is 0.116. The van der Waals surface area contributed by atoms with Gasteiger partial charge >= 0.3 is 0 Å². The van der Waals surface area contributed by atoms with Crippen molar-refractivity contribution in [3.05, 3.63) is 0 Å². The van der Waals surface area contributed by atoms with Gasteiger partial charge in [-0.2, -0.15) is 0 Å². The second kappa shape index (κ2) is 3.70. The molecule has 4 nitrogen and oxygen atoms in total. The number of hydrogen-bond donors (Lipinski definition) is 0. The smallest absolute Gasteiger partial charge is 0.0957 e. The highest BCUT2D eigenvalue weighted by Gasteiger charge is 2.60. The molecule has 4 fully saturated rings. The van der Waals surface area contributed by atoms with Crippen LogP contribution in [-0.2, 0) is 14.3 Å². The summed E-state index contributed by atoms with van der Waals surface area (Å²) in [5.41, 5.74) is -0.116. The van der Waals surface area contributed by atoms with E-state index in [9.17, 15) is 9.90 Å². The van der Waals surface area contributed by atoms with Crippen molar-refractivity contribution in [1.82, 2.24) is 0 Å². The summed E-state index contributed by atoms with van der Waals surface area (Å²) in [5, 5.41) is 11.0. The second-order valence-corrected chi connectivity index (χ2v) is 6.56. The van der Waals surface area contributed by atoms with E-state index in [-0.39, 0.29) is 11.5 Å². The number of aliphatic carboxylic acids is 1. The maximum Gasteiger partial charge on any atom is 0.0957 e. The average molecular weight is 251 g/mol. The van der Waals surface area contributed by atoms with Crippen LogP contribution in [0.1, 0.15) is 44.9 Å².